The van der Waals surface area contributed by atoms with E-state index in [2.05, 4.69) is 20.9 Å². The summed E-state index contributed by atoms with van der Waals surface area (Å²) in [6.07, 6.45) is 0.477. The van der Waals surface area contributed by atoms with Gasteiger partial charge in [-0.05, 0) is 29.8 Å². The molecule has 2 rings (SSSR count). The van der Waals surface area contributed by atoms with Gasteiger partial charge < -0.3 is 5.11 Å². The van der Waals surface area contributed by atoms with E-state index < -0.39 is 11.9 Å². The summed E-state index contributed by atoms with van der Waals surface area (Å²) in [6.45, 7) is 0. The highest BCUT2D eigenvalue weighted by molar-refractivity contribution is 9.10. The zero-order chi connectivity index (χ0) is 13.1. The minimum Gasteiger partial charge on any atom is -0.386 e. The predicted octanol–water partition coefficient (Wildman–Crippen LogP) is 3.40. The van der Waals surface area contributed by atoms with Crippen LogP contribution in [0.4, 0.5) is 8.78 Å². The van der Waals surface area contributed by atoms with Gasteiger partial charge in [0, 0.05) is 10.9 Å². The van der Waals surface area contributed by atoms with Crippen molar-refractivity contribution >= 4 is 15.9 Å². The van der Waals surface area contributed by atoms with Crippen LogP contribution in [0.5, 0.6) is 0 Å². The summed E-state index contributed by atoms with van der Waals surface area (Å²) in [6, 6.07) is 6.92. The second-order valence-corrected chi connectivity index (χ2v) is 4.71. The van der Waals surface area contributed by atoms with Crippen LogP contribution in [-0.2, 0) is 6.42 Å². The Morgan fingerprint density at radius 2 is 1.89 bits per heavy atom. The predicted molar refractivity (Wildman–Crippen MR) is 67.0 cm³/mol. The first-order valence-corrected chi connectivity index (χ1v) is 6.09. The largest absolute Gasteiger partial charge is 0.386 e. The molecule has 18 heavy (non-hydrogen) atoms. The lowest BCUT2D eigenvalue weighted by Crippen LogP contribution is -2.05. The van der Waals surface area contributed by atoms with Gasteiger partial charge in [-0.2, -0.15) is 0 Å². The Labute approximate surface area is 111 Å². The van der Waals surface area contributed by atoms with Crippen molar-refractivity contribution in [3.8, 4) is 0 Å². The number of aliphatic hydroxyl groups is 1. The Hall–Kier alpha value is -1.33. The van der Waals surface area contributed by atoms with Crippen LogP contribution in [-0.4, -0.2) is 10.1 Å². The summed E-state index contributed by atoms with van der Waals surface area (Å²) in [7, 11) is 0. The second-order valence-electron chi connectivity index (χ2n) is 3.86. The van der Waals surface area contributed by atoms with Crippen molar-refractivity contribution in [1.29, 1.82) is 0 Å². The number of aliphatic hydroxyl groups excluding tert-OH is 1. The molecule has 1 aromatic heterocycles. The third-order valence-corrected chi connectivity index (χ3v) is 3.26. The number of hydrogen-bond donors (Lipinski definition) is 1. The number of nitrogens with zero attached hydrogens (tertiary/aromatic N) is 1. The van der Waals surface area contributed by atoms with Crippen molar-refractivity contribution in [3.63, 3.8) is 0 Å². The van der Waals surface area contributed by atoms with E-state index in [9.17, 15) is 13.9 Å². The van der Waals surface area contributed by atoms with E-state index in [1.807, 2.05) is 0 Å². The van der Waals surface area contributed by atoms with Crippen molar-refractivity contribution in [1.82, 2.24) is 4.98 Å². The summed E-state index contributed by atoms with van der Waals surface area (Å²) < 4.78 is 26.2. The molecule has 0 amide bonds. The average Bonchev–Trinajstić information content (AvgIpc) is 2.33. The average molecular weight is 314 g/mol. The summed E-state index contributed by atoms with van der Waals surface area (Å²) in [5, 5.41) is 9.96. The van der Waals surface area contributed by atoms with Crippen LogP contribution >= 0.6 is 15.9 Å². The summed E-state index contributed by atoms with van der Waals surface area (Å²) in [5.41, 5.74) is 1.14. The van der Waals surface area contributed by atoms with Crippen molar-refractivity contribution in [2.24, 2.45) is 0 Å². The van der Waals surface area contributed by atoms with Crippen LogP contribution in [0.15, 0.2) is 41.0 Å². The minimum atomic E-state index is -0.854. The van der Waals surface area contributed by atoms with Crippen LogP contribution in [0.1, 0.15) is 17.4 Å². The fraction of sp³-hybridized carbons (Fsp3) is 0.154. The van der Waals surface area contributed by atoms with E-state index in [1.165, 1.54) is 24.3 Å². The van der Waals surface area contributed by atoms with Crippen LogP contribution in [0.3, 0.4) is 0 Å². The van der Waals surface area contributed by atoms with Crippen LogP contribution in [0.25, 0.3) is 0 Å². The molecule has 1 heterocycles. The maximum atomic E-state index is 12.9. The van der Waals surface area contributed by atoms with E-state index in [0.717, 1.165) is 11.8 Å². The highest BCUT2D eigenvalue weighted by atomic mass is 79.9. The summed E-state index contributed by atoms with van der Waals surface area (Å²) >= 11 is 3.23. The van der Waals surface area contributed by atoms with Gasteiger partial charge in [-0.3, -0.25) is 4.98 Å². The maximum absolute atomic E-state index is 12.9. The third kappa shape index (κ3) is 3.11. The number of halogens is 3. The topological polar surface area (TPSA) is 33.1 Å². The molecule has 0 fully saturated rings. The smallest absolute Gasteiger partial charge is 0.141 e. The third-order valence-electron chi connectivity index (χ3n) is 2.52. The highest BCUT2D eigenvalue weighted by Gasteiger charge is 2.12. The molecule has 2 aromatic rings. The van der Waals surface area contributed by atoms with Gasteiger partial charge in [-0.1, -0.05) is 22.0 Å². The van der Waals surface area contributed by atoms with Crippen LogP contribution < -0.4 is 0 Å². The molecule has 0 aliphatic carbocycles. The molecule has 0 bridgehead atoms. The minimum absolute atomic E-state index is 0.277. The van der Waals surface area contributed by atoms with Gasteiger partial charge in [0.1, 0.15) is 11.6 Å². The Morgan fingerprint density at radius 1 is 1.17 bits per heavy atom. The Kier molecular flexibility index (Phi) is 4.04. The lowest BCUT2D eigenvalue weighted by atomic mass is 10.1. The van der Waals surface area contributed by atoms with E-state index >= 15 is 0 Å². The molecule has 0 radical (unpaired) electrons. The Morgan fingerprint density at radius 3 is 2.50 bits per heavy atom. The molecule has 2 nitrogen and oxygen atoms in total. The fourth-order valence-electron chi connectivity index (χ4n) is 1.58. The molecule has 0 saturated carbocycles. The van der Waals surface area contributed by atoms with E-state index in [-0.39, 0.29) is 12.2 Å². The number of aromatic nitrogens is 1. The SMILES string of the molecule is OC(Cc1ccc(F)cc1Br)c1ccc(F)cn1. The first kappa shape index (κ1) is 13.1. The van der Waals surface area contributed by atoms with Gasteiger partial charge in [0.2, 0.25) is 0 Å². The van der Waals surface area contributed by atoms with Crippen LogP contribution in [0.2, 0.25) is 0 Å². The Bertz CT molecular complexity index is 545. The summed E-state index contributed by atoms with van der Waals surface area (Å²) in [5.74, 6) is -0.797. The lowest BCUT2D eigenvalue weighted by Gasteiger charge is -2.11. The van der Waals surface area contributed by atoms with Gasteiger partial charge in [0.25, 0.3) is 0 Å². The molecule has 1 aromatic carbocycles. The molecule has 1 unspecified atom stereocenters. The fourth-order valence-corrected chi connectivity index (χ4v) is 2.10. The standard InChI is InChI=1S/C13H10BrF2NO/c14-11-6-9(15)2-1-8(11)5-13(18)12-4-3-10(16)7-17-12/h1-4,6-7,13,18H,5H2. The molecule has 0 saturated heterocycles. The molecular formula is C13H10BrF2NO. The number of benzene rings is 1. The molecule has 94 valence electrons. The first-order chi connectivity index (χ1) is 8.56. The zero-order valence-corrected chi connectivity index (χ0v) is 10.9. The van der Waals surface area contributed by atoms with Crippen LogP contribution in [0, 0.1) is 11.6 Å². The second kappa shape index (κ2) is 5.54. The maximum Gasteiger partial charge on any atom is 0.141 e. The molecule has 1 atom stereocenters. The molecular weight excluding hydrogens is 304 g/mol. The lowest BCUT2D eigenvalue weighted by molar-refractivity contribution is 0.173. The van der Waals surface area contributed by atoms with Gasteiger partial charge >= 0.3 is 0 Å². The monoisotopic (exact) mass is 313 g/mol. The quantitative estimate of drug-likeness (QED) is 0.942. The normalized spacial score (nSPS) is 12.4. The molecule has 0 aliphatic rings. The summed E-state index contributed by atoms with van der Waals surface area (Å²) in [4.78, 5) is 3.81. The van der Waals surface area contributed by atoms with Gasteiger partial charge in [-0.25, -0.2) is 8.78 Å². The number of rotatable bonds is 3. The first-order valence-electron chi connectivity index (χ1n) is 5.29. The van der Waals surface area contributed by atoms with Crippen molar-refractivity contribution in [3.05, 3.63) is 63.9 Å². The van der Waals surface area contributed by atoms with E-state index in [4.69, 9.17) is 0 Å². The highest BCUT2D eigenvalue weighted by Crippen LogP contribution is 2.23. The van der Waals surface area contributed by atoms with E-state index in [0.29, 0.717) is 10.2 Å². The number of pyridine rings is 1. The molecule has 0 aliphatic heterocycles. The van der Waals surface area contributed by atoms with Crippen molar-refractivity contribution in [2.75, 3.05) is 0 Å². The Balaban J connectivity index is 2.15. The zero-order valence-electron chi connectivity index (χ0n) is 9.28. The molecule has 1 N–H and O–H groups in total. The van der Waals surface area contributed by atoms with Crippen molar-refractivity contribution < 1.29 is 13.9 Å². The van der Waals surface area contributed by atoms with Gasteiger partial charge in [-0.15, -0.1) is 0 Å². The van der Waals surface area contributed by atoms with Gasteiger partial charge in [0.05, 0.1) is 18.0 Å². The van der Waals surface area contributed by atoms with E-state index in [1.54, 1.807) is 6.07 Å². The molecule has 5 heteroatoms. The number of hydrogen-bond acceptors (Lipinski definition) is 2. The van der Waals surface area contributed by atoms with Gasteiger partial charge in [0.15, 0.2) is 0 Å². The molecule has 0 spiro atoms. The van der Waals surface area contributed by atoms with Crippen molar-refractivity contribution in [2.45, 2.75) is 12.5 Å².